The van der Waals surface area contributed by atoms with Gasteiger partial charge in [-0.2, -0.15) is 0 Å². The largest absolute Gasteiger partial charge is 0.465 e. The van der Waals surface area contributed by atoms with Crippen molar-refractivity contribution in [2.75, 3.05) is 57.3 Å². The Bertz CT molecular complexity index is 1160. The van der Waals surface area contributed by atoms with Crippen molar-refractivity contribution < 1.29 is 19.1 Å². The Morgan fingerprint density at radius 2 is 1.90 bits per heavy atom. The van der Waals surface area contributed by atoms with Crippen molar-refractivity contribution in [2.45, 2.75) is 45.7 Å². The van der Waals surface area contributed by atoms with Crippen LogP contribution in [0.15, 0.2) is 29.8 Å². The van der Waals surface area contributed by atoms with Gasteiger partial charge in [-0.15, -0.1) is 0 Å². The van der Waals surface area contributed by atoms with Crippen molar-refractivity contribution in [3.63, 3.8) is 0 Å². The van der Waals surface area contributed by atoms with Crippen molar-refractivity contribution in [1.82, 2.24) is 20.4 Å². The van der Waals surface area contributed by atoms with Crippen LogP contribution in [-0.4, -0.2) is 86.3 Å². The highest BCUT2D eigenvalue weighted by molar-refractivity contribution is 6.05. The van der Waals surface area contributed by atoms with Crippen LogP contribution in [0.3, 0.4) is 0 Å². The fourth-order valence-corrected chi connectivity index (χ4v) is 6.71. The molecule has 4 atom stereocenters. The van der Waals surface area contributed by atoms with Gasteiger partial charge >= 0.3 is 12.0 Å². The Hall–Kier alpha value is -2.91. The van der Waals surface area contributed by atoms with Gasteiger partial charge in [-0.25, -0.2) is 4.79 Å². The number of nitrogens with one attached hydrogen (secondary N) is 2. The van der Waals surface area contributed by atoms with Crippen LogP contribution < -0.4 is 15.5 Å². The maximum absolute atomic E-state index is 13.8. The molecule has 5 aliphatic rings. The number of benzene rings is 1. The van der Waals surface area contributed by atoms with E-state index in [-0.39, 0.29) is 35.9 Å². The maximum atomic E-state index is 13.8. The van der Waals surface area contributed by atoms with Crippen LogP contribution in [0.5, 0.6) is 0 Å². The molecule has 39 heavy (non-hydrogen) atoms. The van der Waals surface area contributed by atoms with Gasteiger partial charge in [-0.3, -0.25) is 24.7 Å². The van der Waals surface area contributed by atoms with Gasteiger partial charge in [0, 0.05) is 52.2 Å². The van der Waals surface area contributed by atoms with Gasteiger partial charge in [0.05, 0.1) is 24.0 Å². The molecule has 0 aromatic heterocycles. The second-order valence-electron chi connectivity index (χ2n) is 12.1. The number of anilines is 1. The molecular weight excluding hydrogens is 494 g/mol. The molecule has 210 valence electrons. The van der Waals surface area contributed by atoms with Crippen molar-refractivity contribution >= 4 is 23.6 Å². The zero-order valence-corrected chi connectivity index (χ0v) is 23.2. The molecule has 3 amide bonds. The van der Waals surface area contributed by atoms with Crippen molar-refractivity contribution in [1.29, 1.82) is 0 Å². The van der Waals surface area contributed by atoms with Crippen LogP contribution >= 0.6 is 0 Å². The Labute approximate surface area is 230 Å². The second kappa shape index (κ2) is 10.9. The van der Waals surface area contributed by atoms with E-state index in [1.807, 2.05) is 23.1 Å². The Morgan fingerprint density at radius 3 is 2.59 bits per heavy atom. The van der Waals surface area contributed by atoms with E-state index in [0.717, 1.165) is 31.1 Å². The molecule has 3 saturated heterocycles. The zero-order valence-electron chi connectivity index (χ0n) is 23.2. The first-order chi connectivity index (χ1) is 18.9. The monoisotopic (exact) mass is 535 g/mol. The topological polar surface area (TPSA) is 94.2 Å². The van der Waals surface area contributed by atoms with Gasteiger partial charge in [-0.1, -0.05) is 19.1 Å². The van der Waals surface area contributed by atoms with E-state index in [9.17, 15) is 14.4 Å². The summed E-state index contributed by atoms with van der Waals surface area (Å²) in [6, 6.07) is 5.68. The maximum Gasteiger partial charge on any atom is 0.322 e. The zero-order chi connectivity index (χ0) is 27.1. The molecule has 4 fully saturated rings. The van der Waals surface area contributed by atoms with Gasteiger partial charge < -0.3 is 15.0 Å². The van der Waals surface area contributed by atoms with Crippen molar-refractivity contribution in [3.05, 3.63) is 41.0 Å². The number of ether oxygens (including phenoxy) is 1. The lowest BCUT2D eigenvalue weighted by molar-refractivity contribution is -0.152. The van der Waals surface area contributed by atoms with Crippen LogP contribution in [-0.2, 0) is 16.0 Å². The number of carbonyl (C=O) groups is 3. The predicted molar refractivity (Wildman–Crippen MR) is 148 cm³/mol. The molecule has 1 aromatic carbocycles. The molecule has 9 heteroatoms. The number of hydrogen-bond acceptors (Lipinski definition) is 6. The van der Waals surface area contributed by atoms with Crippen LogP contribution in [0.1, 0.15) is 49.0 Å². The van der Waals surface area contributed by atoms with E-state index in [1.165, 1.54) is 18.4 Å². The summed E-state index contributed by atoms with van der Waals surface area (Å²) < 4.78 is 5.20. The predicted octanol–water partition coefficient (Wildman–Crippen LogP) is 2.62. The standard InChI is InChI=1S/C30H41N5O4/c1-19-13-24(22-4-5-22)17-32-28(19)33-9-11-34(12-10-33)29(37)25-6-3-21(14-23-16-27(36)39-18-20(23)2)15-26(25)35-8-7-31-30(35)38/h3,6,13,15,20,22-24,28,32H,4-5,7-12,14,16-18H2,1-2H3,(H,31,38)/t20-,23?,24?,28?/m1/s1. The van der Waals surface area contributed by atoms with Gasteiger partial charge in [-0.05, 0) is 73.1 Å². The number of urea groups is 1. The minimum absolute atomic E-state index is 0.0248. The molecule has 0 bridgehead atoms. The molecule has 6 rings (SSSR count). The Morgan fingerprint density at radius 1 is 1.10 bits per heavy atom. The normalized spacial score (nSPS) is 30.2. The van der Waals surface area contributed by atoms with E-state index in [2.05, 4.69) is 35.5 Å². The number of amides is 3. The minimum Gasteiger partial charge on any atom is -0.465 e. The lowest BCUT2D eigenvalue weighted by Gasteiger charge is -2.42. The van der Waals surface area contributed by atoms with E-state index >= 15 is 0 Å². The number of esters is 1. The highest BCUT2D eigenvalue weighted by Crippen LogP contribution is 2.39. The number of carbonyl (C=O) groups excluding carboxylic acids is 3. The molecular formula is C30H41N5O4. The van der Waals surface area contributed by atoms with Crippen LogP contribution in [0.4, 0.5) is 10.5 Å². The number of cyclic esters (lactones) is 1. The summed E-state index contributed by atoms with van der Waals surface area (Å²) in [5, 5.41) is 6.63. The Balaban J connectivity index is 1.15. The number of nitrogens with zero attached hydrogens (tertiary/aromatic N) is 3. The van der Waals surface area contributed by atoms with E-state index in [4.69, 9.17) is 4.74 Å². The lowest BCUT2D eigenvalue weighted by Crippen LogP contribution is -2.58. The number of rotatable bonds is 6. The summed E-state index contributed by atoms with van der Waals surface area (Å²) in [6.45, 7) is 9.86. The summed E-state index contributed by atoms with van der Waals surface area (Å²) in [4.78, 5) is 44.4. The molecule has 1 aromatic rings. The molecule has 2 N–H and O–H groups in total. The van der Waals surface area contributed by atoms with Crippen molar-refractivity contribution in [2.24, 2.45) is 23.7 Å². The number of hydrogen-bond donors (Lipinski definition) is 2. The van der Waals surface area contributed by atoms with Crippen LogP contribution in [0, 0.1) is 23.7 Å². The summed E-state index contributed by atoms with van der Waals surface area (Å²) in [7, 11) is 0. The van der Waals surface area contributed by atoms with E-state index < -0.39 is 0 Å². The van der Waals surface area contributed by atoms with Crippen molar-refractivity contribution in [3.8, 4) is 0 Å². The average molecular weight is 536 g/mol. The molecule has 3 unspecified atom stereocenters. The molecule has 0 spiro atoms. The third-order valence-corrected chi connectivity index (χ3v) is 9.33. The summed E-state index contributed by atoms with van der Waals surface area (Å²) in [5.74, 6) is 1.82. The highest BCUT2D eigenvalue weighted by atomic mass is 16.5. The molecule has 4 heterocycles. The van der Waals surface area contributed by atoms with Gasteiger partial charge in [0.2, 0.25) is 0 Å². The molecule has 4 aliphatic heterocycles. The third kappa shape index (κ3) is 5.57. The fraction of sp³-hybridized carbons (Fsp3) is 0.633. The molecule has 1 saturated carbocycles. The molecule has 1 aliphatic carbocycles. The first-order valence-corrected chi connectivity index (χ1v) is 14.7. The highest BCUT2D eigenvalue weighted by Gasteiger charge is 2.36. The first kappa shape index (κ1) is 26.3. The Kier molecular flexibility index (Phi) is 7.37. The lowest BCUT2D eigenvalue weighted by atomic mass is 9.84. The average Bonchev–Trinajstić information content (AvgIpc) is 3.70. The van der Waals surface area contributed by atoms with Crippen LogP contribution in [0.25, 0.3) is 0 Å². The van der Waals surface area contributed by atoms with Gasteiger partial charge in [0.1, 0.15) is 0 Å². The van der Waals surface area contributed by atoms with Crippen LogP contribution in [0.2, 0.25) is 0 Å². The first-order valence-electron chi connectivity index (χ1n) is 14.7. The smallest absolute Gasteiger partial charge is 0.322 e. The number of piperazine rings is 1. The molecule has 9 nitrogen and oxygen atoms in total. The van der Waals surface area contributed by atoms with Gasteiger partial charge in [0.25, 0.3) is 5.91 Å². The third-order valence-electron chi connectivity index (χ3n) is 9.33. The quantitative estimate of drug-likeness (QED) is 0.430. The SMILES string of the molecule is CC1=CC(C2CC2)CNC1N1CCN(C(=O)c2ccc(CC3CC(=O)OC[C@H]3C)cc2N2CCNC2=O)CC1. The molecule has 0 radical (unpaired) electrons. The summed E-state index contributed by atoms with van der Waals surface area (Å²) in [6.07, 6.45) is 6.56. The van der Waals surface area contributed by atoms with Gasteiger partial charge in [0.15, 0.2) is 0 Å². The summed E-state index contributed by atoms with van der Waals surface area (Å²) >= 11 is 0. The minimum atomic E-state index is -0.171. The van der Waals surface area contributed by atoms with E-state index in [1.54, 1.807) is 4.90 Å². The fourth-order valence-electron chi connectivity index (χ4n) is 6.71. The second-order valence-corrected chi connectivity index (χ2v) is 12.1. The van der Waals surface area contributed by atoms with E-state index in [0.29, 0.717) is 62.8 Å². The summed E-state index contributed by atoms with van der Waals surface area (Å²) in [5.41, 5.74) is 3.67.